The molecule has 0 amide bonds. The van der Waals surface area contributed by atoms with E-state index in [0.29, 0.717) is 40.8 Å². The highest BCUT2D eigenvalue weighted by atomic mass is 32.1. The van der Waals surface area contributed by atoms with Crippen LogP contribution in [0.15, 0.2) is 47.3 Å². The number of hydrogen-bond donors (Lipinski definition) is 2. The van der Waals surface area contributed by atoms with Gasteiger partial charge in [-0.15, -0.1) is 0 Å². The molecular weight excluding hydrogens is 438 g/mol. The second-order valence-corrected chi connectivity index (χ2v) is 8.09. The van der Waals surface area contributed by atoms with Crippen LogP contribution in [0, 0.1) is 0 Å². The molecule has 3 rings (SSSR count). The molecule has 0 atom stereocenters. The highest BCUT2D eigenvalue weighted by Crippen LogP contribution is 2.31. The molecular formula is C25H31N3O4S. The Morgan fingerprint density at radius 1 is 1.00 bits per heavy atom. The molecule has 0 aliphatic heterocycles. The number of aromatic nitrogens is 1. The zero-order valence-corrected chi connectivity index (χ0v) is 20.4. The lowest BCUT2D eigenvalue weighted by molar-refractivity contribution is 0.355. The van der Waals surface area contributed by atoms with Gasteiger partial charge >= 0.3 is 0 Å². The van der Waals surface area contributed by atoms with Gasteiger partial charge in [0, 0.05) is 30.1 Å². The van der Waals surface area contributed by atoms with Gasteiger partial charge in [0.25, 0.3) is 5.56 Å². The van der Waals surface area contributed by atoms with Crippen molar-refractivity contribution in [2.24, 2.45) is 0 Å². The third-order valence-electron chi connectivity index (χ3n) is 5.41. The lowest BCUT2D eigenvalue weighted by Crippen LogP contribution is -2.40. The number of unbranched alkanes of at least 4 members (excludes halogenated alkanes) is 1. The first-order chi connectivity index (χ1) is 16.0. The first-order valence-electron chi connectivity index (χ1n) is 10.9. The van der Waals surface area contributed by atoms with Crippen LogP contribution in [0.5, 0.6) is 17.2 Å². The Balaban J connectivity index is 1.91. The maximum Gasteiger partial charge on any atom is 0.253 e. The van der Waals surface area contributed by atoms with E-state index in [2.05, 4.69) is 17.2 Å². The Labute approximate surface area is 199 Å². The average Bonchev–Trinajstić information content (AvgIpc) is 2.83. The highest BCUT2D eigenvalue weighted by molar-refractivity contribution is 7.80. The van der Waals surface area contributed by atoms with Gasteiger partial charge in [-0.3, -0.25) is 4.79 Å². The Bertz CT molecular complexity index is 1140. The quantitative estimate of drug-likeness (QED) is 0.340. The van der Waals surface area contributed by atoms with Crippen LogP contribution >= 0.6 is 12.2 Å². The molecule has 8 heteroatoms. The number of benzene rings is 2. The molecule has 1 heterocycles. The molecule has 2 N–H and O–H groups in total. The molecule has 2 aromatic carbocycles. The van der Waals surface area contributed by atoms with Gasteiger partial charge in [0.05, 0.1) is 33.4 Å². The third kappa shape index (κ3) is 6.16. The van der Waals surface area contributed by atoms with Gasteiger partial charge in [0.1, 0.15) is 5.75 Å². The fourth-order valence-corrected chi connectivity index (χ4v) is 3.77. The maximum atomic E-state index is 12.9. The molecule has 0 unspecified atom stereocenters. The van der Waals surface area contributed by atoms with Crippen LogP contribution in [0.25, 0.3) is 10.9 Å². The van der Waals surface area contributed by atoms with Crippen molar-refractivity contribution in [1.29, 1.82) is 0 Å². The van der Waals surface area contributed by atoms with Gasteiger partial charge in [-0.1, -0.05) is 25.5 Å². The van der Waals surface area contributed by atoms with E-state index in [1.165, 1.54) is 0 Å². The van der Waals surface area contributed by atoms with Crippen LogP contribution in [0.3, 0.4) is 0 Å². The number of H-pyrrole nitrogens is 1. The molecule has 0 radical (unpaired) electrons. The van der Waals surface area contributed by atoms with Crippen molar-refractivity contribution >= 4 is 28.2 Å². The van der Waals surface area contributed by atoms with E-state index in [9.17, 15) is 4.79 Å². The Kier molecular flexibility index (Phi) is 8.54. The van der Waals surface area contributed by atoms with Crippen molar-refractivity contribution in [2.75, 3.05) is 27.9 Å². The van der Waals surface area contributed by atoms with Crippen LogP contribution < -0.4 is 25.1 Å². The summed E-state index contributed by atoms with van der Waals surface area (Å²) in [5.74, 6) is 1.97. The molecule has 3 aromatic rings. The van der Waals surface area contributed by atoms with E-state index in [4.69, 9.17) is 26.4 Å². The van der Waals surface area contributed by atoms with Gasteiger partial charge in [0.15, 0.2) is 16.6 Å². The minimum absolute atomic E-state index is 0.161. The second kappa shape index (κ2) is 11.6. The minimum atomic E-state index is -0.161. The zero-order valence-electron chi connectivity index (χ0n) is 19.6. The smallest absolute Gasteiger partial charge is 0.253 e. The summed E-state index contributed by atoms with van der Waals surface area (Å²) in [6, 6.07) is 13.4. The van der Waals surface area contributed by atoms with Crippen LogP contribution in [-0.2, 0) is 13.1 Å². The summed E-state index contributed by atoms with van der Waals surface area (Å²) in [6.45, 7) is 3.85. The van der Waals surface area contributed by atoms with Gasteiger partial charge in [-0.05, 0) is 48.5 Å². The predicted molar refractivity (Wildman–Crippen MR) is 135 cm³/mol. The topological polar surface area (TPSA) is 75.8 Å². The largest absolute Gasteiger partial charge is 0.497 e. The summed E-state index contributed by atoms with van der Waals surface area (Å²) in [6.07, 6.45) is 2.10. The Morgan fingerprint density at radius 2 is 1.70 bits per heavy atom. The summed E-state index contributed by atoms with van der Waals surface area (Å²) in [7, 11) is 4.80. The lowest BCUT2D eigenvalue weighted by Gasteiger charge is -2.26. The van der Waals surface area contributed by atoms with Crippen LogP contribution in [0.2, 0.25) is 0 Å². The lowest BCUT2D eigenvalue weighted by atomic mass is 10.1. The number of pyridine rings is 1. The molecule has 0 aliphatic rings. The number of rotatable bonds is 10. The number of fused-ring (bicyclic) bond motifs is 1. The van der Waals surface area contributed by atoms with Crippen LogP contribution in [0.1, 0.15) is 30.9 Å². The monoisotopic (exact) mass is 469 g/mol. The van der Waals surface area contributed by atoms with E-state index < -0.39 is 0 Å². The van der Waals surface area contributed by atoms with E-state index in [1.54, 1.807) is 27.4 Å². The fraction of sp³-hybridized carbons (Fsp3) is 0.360. The molecule has 0 bridgehead atoms. The van der Waals surface area contributed by atoms with Gasteiger partial charge < -0.3 is 29.4 Å². The Hall–Kier alpha value is -3.26. The van der Waals surface area contributed by atoms with Crippen molar-refractivity contribution in [3.8, 4) is 17.2 Å². The number of aromatic amines is 1. The van der Waals surface area contributed by atoms with Crippen molar-refractivity contribution in [1.82, 2.24) is 15.2 Å². The van der Waals surface area contributed by atoms with E-state index >= 15 is 0 Å². The number of nitrogens with zero attached hydrogens (tertiary/aromatic N) is 1. The molecule has 0 spiro atoms. The second-order valence-electron chi connectivity index (χ2n) is 7.71. The summed E-state index contributed by atoms with van der Waals surface area (Å²) < 4.78 is 16.0. The highest BCUT2D eigenvalue weighted by Gasteiger charge is 2.15. The first kappa shape index (κ1) is 24.4. The number of nitrogens with one attached hydrogen (secondary N) is 2. The van der Waals surface area contributed by atoms with Crippen molar-refractivity contribution in [2.45, 2.75) is 32.9 Å². The summed E-state index contributed by atoms with van der Waals surface area (Å²) >= 11 is 5.69. The predicted octanol–water partition coefficient (Wildman–Crippen LogP) is 4.23. The van der Waals surface area contributed by atoms with Gasteiger partial charge in [-0.25, -0.2) is 0 Å². The SMILES string of the molecule is CCCCNC(=S)N(Cc1ccc(OC)cc1)Cc1cc2cc(OC)c(OC)cc2[nH]c1=O. The number of ether oxygens (including phenoxy) is 3. The normalized spacial score (nSPS) is 10.7. The minimum Gasteiger partial charge on any atom is -0.497 e. The number of methoxy groups -OCH3 is 3. The molecule has 0 aliphatic carbocycles. The van der Waals surface area contributed by atoms with Crippen molar-refractivity contribution in [3.63, 3.8) is 0 Å². The number of thiocarbonyl (C=S) groups is 1. The Morgan fingerprint density at radius 3 is 2.33 bits per heavy atom. The fourth-order valence-electron chi connectivity index (χ4n) is 3.54. The average molecular weight is 470 g/mol. The first-order valence-corrected chi connectivity index (χ1v) is 11.3. The van der Waals surface area contributed by atoms with Crippen LogP contribution in [0.4, 0.5) is 0 Å². The standard InChI is InChI=1S/C25H31N3O4S/c1-5-6-11-26-25(33)28(15-17-7-9-20(30-2)10-8-17)16-19-12-18-13-22(31-3)23(32-4)14-21(18)27-24(19)29/h7-10,12-14H,5-6,11,15-16H2,1-4H3,(H,26,33)(H,27,29). The summed E-state index contributed by atoms with van der Waals surface area (Å²) in [5, 5.41) is 4.80. The molecule has 1 aromatic heterocycles. The summed E-state index contributed by atoms with van der Waals surface area (Å²) in [4.78, 5) is 17.9. The maximum absolute atomic E-state index is 12.9. The number of hydrogen-bond acceptors (Lipinski definition) is 5. The van der Waals surface area contributed by atoms with Gasteiger partial charge in [-0.2, -0.15) is 0 Å². The van der Waals surface area contributed by atoms with E-state index in [0.717, 1.165) is 36.1 Å². The van der Waals surface area contributed by atoms with E-state index in [-0.39, 0.29) is 5.56 Å². The molecule has 0 saturated carbocycles. The molecule has 7 nitrogen and oxygen atoms in total. The van der Waals surface area contributed by atoms with E-state index in [1.807, 2.05) is 41.3 Å². The summed E-state index contributed by atoms with van der Waals surface area (Å²) in [5.41, 5.74) is 2.21. The van der Waals surface area contributed by atoms with Crippen molar-refractivity contribution < 1.29 is 14.2 Å². The van der Waals surface area contributed by atoms with Crippen LogP contribution in [-0.4, -0.2) is 42.9 Å². The molecule has 33 heavy (non-hydrogen) atoms. The molecule has 176 valence electrons. The molecule has 0 saturated heterocycles. The van der Waals surface area contributed by atoms with Gasteiger partial charge in [0.2, 0.25) is 0 Å². The third-order valence-corrected chi connectivity index (χ3v) is 5.82. The molecule has 0 fully saturated rings. The van der Waals surface area contributed by atoms with Crippen molar-refractivity contribution in [3.05, 3.63) is 63.9 Å². The zero-order chi connectivity index (χ0) is 23.8.